The van der Waals surface area contributed by atoms with E-state index in [1.54, 1.807) is 0 Å². The summed E-state index contributed by atoms with van der Waals surface area (Å²) in [5, 5.41) is 29.5. The second kappa shape index (κ2) is 11.7. The van der Waals surface area contributed by atoms with Gasteiger partial charge >= 0.3 is 0 Å². The number of unbranched alkanes of at least 4 members (excludes halogenated alkanes) is 3. The lowest BCUT2D eigenvalue weighted by Crippen LogP contribution is -2.28. The van der Waals surface area contributed by atoms with Crippen LogP contribution in [0.25, 0.3) is 0 Å². The van der Waals surface area contributed by atoms with Gasteiger partial charge in [0.2, 0.25) is 0 Å². The molecule has 0 aromatic carbocycles. The standard InChI is InChI=1S/C22H38O3/c1-4-5-16-22(2,3)21(25)15-13-19-18(12-14-20(19)24)11-9-7-6-8-10-17-23/h7,9,12-13,15,19-21,23-25H,4-6,8,10-11,14,16-17H2,1-3H3/t19-,20-,21-/m1/s1. The molecule has 3 nitrogen and oxygen atoms in total. The minimum Gasteiger partial charge on any atom is -0.396 e. The Bertz CT molecular complexity index is 448. The quantitative estimate of drug-likeness (QED) is 0.358. The largest absolute Gasteiger partial charge is 0.396 e. The fourth-order valence-corrected chi connectivity index (χ4v) is 3.25. The van der Waals surface area contributed by atoms with Crippen LogP contribution in [0.1, 0.15) is 72.1 Å². The first-order valence-corrected chi connectivity index (χ1v) is 9.91. The average Bonchev–Trinajstić information content (AvgIpc) is 2.93. The Balaban J connectivity index is 2.55. The maximum Gasteiger partial charge on any atom is 0.0772 e. The topological polar surface area (TPSA) is 60.7 Å². The van der Waals surface area contributed by atoms with Crippen molar-refractivity contribution in [1.29, 1.82) is 0 Å². The van der Waals surface area contributed by atoms with Gasteiger partial charge in [-0.2, -0.15) is 0 Å². The number of hydrogen-bond donors (Lipinski definition) is 3. The molecule has 0 amide bonds. The molecule has 3 heteroatoms. The van der Waals surface area contributed by atoms with Crippen LogP contribution in [0.2, 0.25) is 0 Å². The average molecular weight is 351 g/mol. The number of rotatable bonds is 12. The maximum absolute atomic E-state index is 10.5. The molecule has 1 aliphatic carbocycles. The number of hydrogen-bond acceptors (Lipinski definition) is 3. The monoisotopic (exact) mass is 350 g/mol. The molecule has 1 rings (SSSR count). The fraction of sp³-hybridized carbons (Fsp3) is 0.727. The lowest BCUT2D eigenvalue weighted by molar-refractivity contribution is 0.0804. The van der Waals surface area contributed by atoms with Gasteiger partial charge in [-0.25, -0.2) is 0 Å². The van der Waals surface area contributed by atoms with Crippen LogP contribution in [0.3, 0.4) is 0 Å². The maximum atomic E-state index is 10.5. The Kier molecular flexibility index (Phi) is 10.3. The molecule has 144 valence electrons. The van der Waals surface area contributed by atoms with Crippen molar-refractivity contribution in [2.24, 2.45) is 11.3 Å². The van der Waals surface area contributed by atoms with Crippen LogP contribution < -0.4 is 0 Å². The highest BCUT2D eigenvalue weighted by Crippen LogP contribution is 2.33. The molecule has 0 aliphatic heterocycles. The van der Waals surface area contributed by atoms with Gasteiger partial charge in [0.1, 0.15) is 0 Å². The van der Waals surface area contributed by atoms with E-state index in [1.165, 1.54) is 5.57 Å². The summed E-state index contributed by atoms with van der Waals surface area (Å²) in [6, 6.07) is 0. The van der Waals surface area contributed by atoms with Gasteiger partial charge in [0, 0.05) is 12.5 Å². The second-order valence-corrected chi connectivity index (χ2v) is 7.92. The van der Waals surface area contributed by atoms with Crippen LogP contribution in [-0.4, -0.2) is 34.1 Å². The number of allylic oxidation sites excluding steroid dienone is 2. The van der Waals surface area contributed by atoms with Crippen molar-refractivity contribution in [3.05, 3.63) is 36.0 Å². The molecule has 0 saturated carbocycles. The zero-order valence-electron chi connectivity index (χ0n) is 16.3. The first-order chi connectivity index (χ1) is 11.9. The summed E-state index contributed by atoms with van der Waals surface area (Å²) in [4.78, 5) is 0. The molecule has 3 atom stereocenters. The van der Waals surface area contributed by atoms with E-state index >= 15 is 0 Å². The normalized spacial score (nSPS) is 22.9. The van der Waals surface area contributed by atoms with Crippen molar-refractivity contribution in [1.82, 2.24) is 0 Å². The lowest BCUT2D eigenvalue weighted by Gasteiger charge is -2.29. The molecule has 1 aliphatic rings. The van der Waals surface area contributed by atoms with E-state index in [2.05, 4.69) is 39.0 Å². The van der Waals surface area contributed by atoms with E-state index in [1.807, 2.05) is 12.2 Å². The zero-order valence-corrected chi connectivity index (χ0v) is 16.3. The first kappa shape index (κ1) is 22.1. The predicted molar refractivity (Wildman–Crippen MR) is 105 cm³/mol. The summed E-state index contributed by atoms with van der Waals surface area (Å²) < 4.78 is 0. The summed E-state index contributed by atoms with van der Waals surface area (Å²) in [5.74, 6) is 0.0127. The molecular formula is C22H38O3. The molecule has 0 heterocycles. The Morgan fingerprint density at radius 3 is 2.68 bits per heavy atom. The molecule has 0 saturated heterocycles. The third-order valence-corrected chi connectivity index (χ3v) is 5.24. The molecule has 0 radical (unpaired) electrons. The Labute approximate surface area is 154 Å². The van der Waals surface area contributed by atoms with E-state index < -0.39 is 6.10 Å². The van der Waals surface area contributed by atoms with Crippen molar-refractivity contribution >= 4 is 0 Å². The highest BCUT2D eigenvalue weighted by atomic mass is 16.3. The van der Waals surface area contributed by atoms with Gasteiger partial charge in [-0.1, -0.05) is 69.6 Å². The molecule has 0 aromatic rings. The van der Waals surface area contributed by atoms with Crippen LogP contribution in [0, 0.1) is 11.3 Å². The summed E-state index contributed by atoms with van der Waals surface area (Å²) in [5.41, 5.74) is 1.10. The van der Waals surface area contributed by atoms with Crippen molar-refractivity contribution in [3.63, 3.8) is 0 Å². The van der Waals surface area contributed by atoms with Crippen LogP contribution in [-0.2, 0) is 0 Å². The molecule has 0 unspecified atom stereocenters. The van der Waals surface area contributed by atoms with Crippen molar-refractivity contribution in [2.45, 2.75) is 84.3 Å². The Morgan fingerprint density at radius 2 is 2.00 bits per heavy atom. The van der Waals surface area contributed by atoms with Gasteiger partial charge in [-0.3, -0.25) is 0 Å². The first-order valence-electron chi connectivity index (χ1n) is 9.91. The highest BCUT2D eigenvalue weighted by molar-refractivity contribution is 5.24. The van der Waals surface area contributed by atoms with Crippen molar-refractivity contribution in [3.8, 4) is 0 Å². The summed E-state index contributed by atoms with van der Waals surface area (Å²) >= 11 is 0. The third kappa shape index (κ3) is 7.89. The van der Waals surface area contributed by atoms with E-state index in [-0.39, 0.29) is 24.0 Å². The summed E-state index contributed by atoms with van der Waals surface area (Å²) in [7, 11) is 0. The fourth-order valence-electron chi connectivity index (χ4n) is 3.25. The van der Waals surface area contributed by atoms with E-state index in [4.69, 9.17) is 5.11 Å². The van der Waals surface area contributed by atoms with E-state index in [0.717, 1.165) is 44.9 Å². The molecule has 0 fully saturated rings. The predicted octanol–water partition coefficient (Wildman–Crippen LogP) is 4.54. The van der Waals surface area contributed by atoms with Gasteiger partial charge in [-0.15, -0.1) is 0 Å². The molecule has 25 heavy (non-hydrogen) atoms. The van der Waals surface area contributed by atoms with E-state index in [9.17, 15) is 10.2 Å². The van der Waals surface area contributed by atoms with Crippen LogP contribution in [0.4, 0.5) is 0 Å². The summed E-state index contributed by atoms with van der Waals surface area (Å²) in [6.45, 7) is 6.64. The second-order valence-electron chi connectivity index (χ2n) is 7.92. The minimum absolute atomic E-state index is 0.0127. The third-order valence-electron chi connectivity index (χ3n) is 5.24. The molecular weight excluding hydrogens is 312 g/mol. The minimum atomic E-state index is -0.484. The van der Waals surface area contributed by atoms with Gasteiger partial charge in [0.05, 0.1) is 12.2 Å². The highest BCUT2D eigenvalue weighted by Gasteiger charge is 2.28. The molecule has 0 bridgehead atoms. The molecule has 0 spiro atoms. The van der Waals surface area contributed by atoms with Crippen molar-refractivity contribution in [2.75, 3.05) is 6.61 Å². The van der Waals surface area contributed by atoms with Crippen LogP contribution in [0.15, 0.2) is 36.0 Å². The molecule has 3 N–H and O–H groups in total. The lowest BCUT2D eigenvalue weighted by atomic mass is 9.80. The van der Waals surface area contributed by atoms with Gasteiger partial charge in [0.15, 0.2) is 0 Å². The zero-order chi connectivity index (χ0) is 18.7. The van der Waals surface area contributed by atoms with E-state index in [0.29, 0.717) is 6.42 Å². The van der Waals surface area contributed by atoms with Gasteiger partial charge < -0.3 is 15.3 Å². The SMILES string of the molecule is CCCCC(C)(C)[C@H](O)C=C[C@@H]1C(CC=CCCCCO)=CC[C@H]1O. The van der Waals surface area contributed by atoms with Crippen LogP contribution in [0.5, 0.6) is 0 Å². The number of aliphatic hydroxyl groups is 3. The van der Waals surface area contributed by atoms with Gasteiger partial charge in [-0.05, 0) is 43.9 Å². The smallest absolute Gasteiger partial charge is 0.0772 e. The Morgan fingerprint density at radius 1 is 1.24 bits per heavy atom. The molecule has 0 aromatic heterocycles. The Hall–Kier alpha value is -0.900. The number of aliphatic hydroxyl groups excluding tert-OH is 3. The van der Waals surface area contributed by atoms with Crippen molar-refractivity contribution < 1.29 is 15.3 Å². The van der Waals surface area contributed by atoms with Gasteiger partial charge in [0.25, 0.3) is 0 Å². The van der Waals surface area contributed by atoms with Crippen LogP contribution >= 0.6 is 0 Å². The summed E-state index contributed by atoms with van der Waals surface area (Å²) in [6.07, 6.45) is 17.1.